The van der Waals surface area contributed by atoms with Gasteiger partial charge in [0.2, 0.25) is 21.8 Å². The molecule has 2 aromatic carbocycles. The maximum absolute atomic E-state index is 12.7. The van der Waals surface area contributed by atoms with Gasteiger partial charge in [0, 0.05) is 22.8 Å². The van der Waals surface area contributed by atoms with E-state index in [0.717, 1.165) is 4.31 Å². The number of amides is 2. The fourth-order valence-corrected chi connectivity index (χ4v) is 3.72. The van der Waals surface area contributed by atoms with Crippen molar-refractivity contribution in [2.24, 2.45) is 5.73 Å². The van der Waals surface area contributed by atoms with Gasteiger partial charge in [-0.2, -0.15) is 4.31 Å². The fourth-order valence-electron chi connectivity index (χ4n) is 2.23. The molecule has 0 aliphatic rings. The van der Waals surface area contributed by atoms with Crippen LogP contribution >= 0.6 is 11.6 Å². The van der Waals surface area contributed by atoms with Crippen molar-refractivity contribution in [3.05, 3.63) is 71.8 Å². The number of sulfonamides is 1. The van der Waals surface area contributed by atoms with Gasteiger partial charge in [-0.15, -0.1) is 6.58 Å². The molecule has 142 valence electrons. The molecule has 0 spiro atoms. The molecule has 0 aliphatic heterocycles. The lowest BCUT2D eigenvalue weighted by atomic mass is 10.2. The van der Waals surface area contributed by atoms with Crippen LogP contribution in [0, 0.1) is 0 Å². The van der Waals surface area contributed by atoms with E-state index in [1.165, 1.54) is 54.6 Å². The highest BCUT2D eigenvalue weighted by Gasteiger charge is 2.25. The summed E-state index contributed by atoms with van der Waals surface area (Å²) < 4.78 is 26.5. The molecule has 0 fully saturated rings. The molecule has 0 unspecified atom stereocenters. The lowest BCUT2D eigenvalue weighted by Gasteiger charge is -2.20. The van der Waals surface area contributed by atoms with Crippen molar-refractivity contribution >= 4 is 39.1 Å². The van der Waals surface area contributed by atoms with Gasteiger partial charge in [0.25, 0.3) is 0 Å². The van der Waals surface area contributed by atoms with Gasteiger partial charge >= 0.3 is 0 Å². The topological polar surface area (TPSA) is 110 Å². The Balaban J connectivity index is 2.14. The Morgan fingerprint density at radius 2 is 1.70 bits per heavy atom. The molecule has 2 aromatic rings. The highest BCUT2D eigenvalue weighted by atomic mass is 35.5. The van der Waals surface area contributed by atoms with Gasteiger partial charge < -0.3 is 11.1 Å². The van der Waals surface area contributed by atoms with Crippen molar-refractivity contribution in [3.63, 3.8) is 0 Å². The molecule has 0 saturated carbocycles. The number of rotatable bonds is 8. The number of carbonyl (C=O) groups is 2. The third-order valence-electron chi connectivity index (χ3n) is 3.56. The number of nitrogens with one attached hydrogen (secondary N) is 1. The normalized spacial score (nSPS) is 11.2. The van der Waals surface area contributed by atoms with Gasteiger partial charge in [0.15, 0.2) is 0 Å². The van der Waals surface area contributed by atoms with Crippen LogP contribution in [0.4, 0.5) is 5.69 Å². The number of anilines is 1. The van der Waals surface area contributed by atoms with Crippen LogP contribution in [0.15, 0.2) is 66.1 Å². The first-order valence-corrected chi connectivity index (χ1v) is 9.62. The third-order valence-corrected chi connectivity index (χ3v) is 5.64. The van der Waals surface area contributed by atoms with Crippen molar-refractivity contribution in [3.8, 4) is 0 Å². The largest absolute Gasteiger partial charge is 0.366 e. The molecular formula is C18H18ClN3O4S. The molecule has 0 atom stereocenters. The third kappa shape index (κ3) is 5.40. The number of nitrogens with zero attached hydrogens (tertiary/aromatic N) is 1. The van der Waals surface area contributed by atoms with E-state index in [0.29, 0.717) is 16.3 Å². The predicted octanol–water partition coefficient (Wildman–Crippen LogP) is 2.25. The predicted molar refractivity (Wildman–Crippen MR) is 104 cm³/mol. The molecule has 7 nitrogen and oxygen atoms in total. The van der Waals surface area contributed by atoms with Gasteiger partial charge in [-0.25, -0.2) is 8.42 Å². The molecule has 0 aliphatic carbocycles. The molecule has 0 bridgehead atoms. The van der Waals surface area contributed by atoms with E-state index in [1.54, 1.807) is 0 Å². The number of hydrogen-bond donors (Lipinski definition) is 2. The van der Waals surface area contributed by atoms with Crippen LogP contribution < -0.4 is 11.1 Å². The van der Waals surface area contributed by atoms with Crippen LogP contribution in [-0.4, -0.2) is 37.6 Å². The monoisotopic (exact) mass is 407 g/mol. The minimum atomic E-state index is -3.90. The lowest BCUT2D eigenvalue weighted by molar-refractivity contribution is -0.116. The summed E-state index contributed by atoms with van der Waals surface area (Å²) in [6, 6.07) is 11.6. The summed E-state index contributed by atoms with van der Waals surface area (Å²) in [5, 5.41) is 2.98. The molecule has 2 rings (SSSR count). The first-order valence-electron chi connectivity index (χ1n) is 7.80. The first kappa shape index (κ1) is 20.6. The quantitative estimate of drug-likeness (QED) is 0.654. The van der Waals surface area contributed by atoms with Crippen LogP contribution in [0.3, 0.4) is 0 Å². The van der Waals surface area contributed by atoms with E-state index in [-0.39, 0.29) is 11.4 Å². The summed E-state index contributed by atoms with van der Waals surface area (Å²) in [6.07, 6.45) is 1.39. The van der Waals surface area contributed by atoms with E-state index in [9.17, 15) is 18.0 Å². The second-order valence-electron chi connectivity index (χ2n) is 5.53. The van der Waals surface area contributed by atoms with E-state index in [4.69, 9.17) is 17.3 Å². The molecule has 0 aromatic heterocycles. The smallest absolute Gasteiger partial charge is 0.248 e. The van der Waals surface area contributed by atoms with Crippen molar-refractivity contribution in [2.45, 2.75) is 4.90 Å². The zero-order chi connectivity index (χ0) is 20.0. The zero-order valence-electron chi connectivity index (χ0n) is 14.3. The van der Waals surface area contributed by atoms with Crippen molar-refractivity contribution in [1.82, 2.24) is 4.31 Å². The molecule has 0 heterocycles. The van der Waals surface area contributed by atoms with E-state index < -0.39 is 28.4 Å². The second-order valence-corrected chi connectivity index (χ2v) is 7.90. The molecule has 0 radical (unpaired) electrons. The molecule has 2 amide bonds. The van der Waals surface area contributed by atoms with Crippen molar-refractivity contribution in [2.75, 3.05) is 18.4 Å². The summed E-state index contributed by atoms with van der Waals surface area (Å²) in [4.78, 5) is 23.4. The maximum Gasteiger partial charge on any atom is 0.248 e. The summed E-state index contributed by atoms with van der Waals surface area (Å²) >= 11 is 5.79. The highest BCUT2D eigenvalue weighted by molar-refractivity contribution is 7.89. The summed E-state index contributed by atoms with van der Waals surface area (Å²) in [7, 11) is -3.90. The van der Waals surface area contributed by atoms with Gasteiger partial charge in [0.05, 0.1) is 11.4 Å². The summed E-state index contributed by atoms with van der Waals surface area (Å²) in [6.45, 7) is 3.09. The Kier molecular flexibility index (Phi) is 6.73. The summed E-state index contributed by atoms with van der Waals surface area (Å²) in [5.74, 6) is -1.12. The van der Waals surface area contributed by atoms with Crippen LogP contribution in [0.25, 0.3) is 0 Å². The molecular weight excluding hydrogens is 390 g/mol. The Morgan fingerprint density at radius 3 is 2.22 bits per heavy atom. The van der Waals surface area contributed by atoms with Crippen molar-refractivity contribution < 1.29 is 18.0 Å². The van der Waals surface area contributed by atoms with Crippen LogP contribution in [0.1, 0.15) is 10.4 Å². The van der Waals surface area contributed by atoms with E-state index >= 15 is 0 Å². The number of carbonyl (C=O) groups excluding carboxylic acids is 2. The van der Waals surface area contributed by atoms with Crippen LogP contribution in [0.5, 0.6) is 0 Å². The number of nitrogens with two attached hydrogens (primary N) is 1. The fraction of sp³-hybridized carbons (Fsp3) is 0.111. The Hall–Kier alpha value is -2.68. The van der Waals surface area contributed by atoms with Gasteiger partial charge in [0.1, 0.15) is 0 Å². The average molecular weight is 408 g/mol. The number of primary amides is 1. The molecule has 0 saturated heterocycles. The van der Waals surface area contributed by atoms with Gasteiger partial charge in [-0.05, 0) is 48.5 Å². The minimum absolute atomic E-state index is 0.0207. The van der Waals surface area contributed by atoms with Crippen molar-refractivity contribution in [1.29, 1.82) is 0 Å². The Labute approximate surface area is 162 Å². The van der Waals surface area contributed by atoms with E-state index in [1.807, 2.05) is 0 Å². The maximum atomic E-state index is 12.7. The standard InChI is InChI=1S/C18H18ClN3O4S/c1-2-11-22(27(25,26)16-9-5-14(19)6-10-16)12-17(23)21-15-7-3-13(4-8-15)18(20)24/h2-10H,1,11-12H2,(H2,20,24)(H,21,23). The highest BCUT2D eigenvalue weighted by Crippen LogP contribution is 2.19. The SMILES string of the molecule is C=CCN(CC(=O)Nc1ccc(C(N)=O)cc1)S(=O)(=O)c1ccc(Cl)cc1. The second kappa shape index (κ2) is 8.81. The molecule has 27 heavy (non-hydrogen) atoms. The van der Waals surface area contributed by atoms with E-state index in [2.05, 4.69) is 11.9 Å². The zero-order valence-corrected chi connectivity index (χ0v) is 15.8. The van der Waals surface area contributed by atoms with Gasteiger partial charge in [-0.1, -0.05) is 17.7 Å². The number of hydrogen-bond acceptors (Lipinski definition) is 4. The Bertz CT molecular complexity index is 942. The first-order chi connectivity index (χ1) is 12.7. The van der Waals surface area contributed by atoms with Crippen LogP contribution in [0.2, 0.25) is 5.02 Å². The molecule has 9 heteroatoms. The molecule has 3 N–H and O–H groups in total. The minimum Gasteiger partial charge on any atom is -0.366 e. The number of benzene rings is 2. The van der Waals surface area contributed by atoms with Gasteiger partial charge in [-0.3, -0.25) is 9.59 Å². The van der Waals surface area contributed by atoms with Crippen LogP contribution in [-0.2, 0) is 14.8 Å². The Morgan fingerprint density at radius 1 is 1.11 bits per heavy atom. The average Bonchev–Trinajstić information content (AvgIpc) is 2.62. The summed E-state index contributed by atoms with van der Waals surface area (Å²) in [5.41, 5.74) is 5.87. The lowest BCUT2D eigenvalue weighted by Crippen LogP contribution is -2.38. The number of halogens is 1.